The zero-order chi connectivity index (χ0) is 19.3. The Bertz CT molecular complexity index is 836. The van der Waals surface area contributed by atoms with Crippen molar-refractivity contribution in [1.82, 2.24) is 25.2 Å². The van der Waals surface area contributed by atoms with Crippen LogP contribution in [0.15, 0.2) is 30.7 Å². The second kappa shape index (κ2) is 8.30. The Labute approximate surface area is 164 Å². The summed E-state index contributed by atoms with van der Waals surface area (Å²) in [5, 5.41) is 12.5. The third kappa shape index (κ3) is 3.93. The number of nitriles is 1. The van der Waals surface area contributed by atoms with Crippen molar-refractivity contribution in [1.29, 1.82) is 5.26 Å². The lowest BCUT2D eigenvalue weighted by Crippen LogP contribution is -2.51. The number of carbonyl (C=O) groups excluding carboxylic acids is 1. The molecule has 0 spiro atoms. The highest BCUT2D eigenvalue weighted by molar-refractivity contribution is 5.74. The van der Waals surface area contributed by atoms with Gasteiger partial charge in [-0.05, 0) is 37.8 Å². The molecule has 2 aromatic rings. The Kier molecular flexibility index (Phi) is 5.42. The number of rotatable bonds is 3. The van der Waals surface area contributed by atoms with Crippen molar-refractivity contribution in [3.05, 3.63) is 42.1 Å². The molecule has 1 atom stereocenters. The molecule has 2 N–H and O–H groups in total. The number of nitrogens with zero attached hydrogens (tertiary/aromatic N) is 5. The molecular formula is C20H25N7O. The fourth-order valence-corrected chi connectivity index (χ4v) is 4.12. The number of pyridine rings is 1. The Hall–Kier alpha value is -3.08. The minimum atomic E-state index is 0.0188. The summed E-state index contributed by atoms with van der Waals surface area (Å²) in [5.74, 6) is 1.99. The van der Waals surface area contributed by atoms with Crippen LogP contribution in [-0.2, 0) is 0 Å². The number of urea groups is 1. The number of imidazole rings is 1. The van der Waals surface area contributed by atoms with Crippen molar-refractivity contribution in [2.24, 2.45) is 0 Å². The number of amides is 2. The lowest BCUT2D eigenvalue weighted by atomic mass is 9.97. The number of anilines is 1. The second-order valence-electron chi connectivity index (χ2n) is 7.46. The van der Waals surface area contributed by atoms with E-state index in [1.807, 2.05) is 11.1 Å². The molecule has 0 aliphatic carbocycles. The molecule has 0 radical (unpaired) electrons. The van der Waals surface area contributed by atoms with Crippen LogP contribution < -0.4 is 10.2 Å². The number of piperidine rings is 2. The number of nitrogens with one attached hydrogen (secondary N) is 2. The van der Waals surface area contributed by atoms with Crippen LogP contribution in [0.2, 0.25) is 0 Å². The quantitative estimate of drug-likeness (QED) is 0.852. The Morgan fingerprint density at radius 1 is 1.21 bits per heavy atom. The predicted octanol–water partition coefficient (Wildman–Crippen LogP) is 2.23. The molecule has 2 aromatic heterocycles. The van der Waals surface area contributed by atoms with E-state index in [1.54, 1.807) is 24.5 Å². The van der Waals surface area contributed by atoms with E-state index in [9.17, 15) is 10.1 Å². The maximum atomic E-state index is 12.7. The van der Waals surface area contributed by atoms with E-state index in [0.717, 1.165) is 57.0 Å². The molecule has 2 saturated heterocycles. The summed E-state index contributed by atoms with van der Waals surface area (Å²) in [6.45, 7) is 3.07. The number of H-pyrrole nitrogens is 1. The maximum Gasteiger partial charge on any atom is 0.317 e. The Balaban J connectivity index is 1.30. The van der Waals surface area contributed by atoms with Gasteiger partial charge in [0.1, 0.15) is 17.7 Å². The number of aromatic nitrogens is 3. The standard InChI is InChI=1S/C20H25N7O/c21-13-15-3-1-7-24-19(15)26-11-5-17(6-12-26)25-20(28)27-10-2-4-16(14-27)18-22-8-9-23-18/h1,3,7-9,16-17H,2,4-6,10-12,14H2,(H,22,23)(H,25,28). The van der Waals surface area contributed by atoms with Gasteiger partial charge in [-0.25, -0.2) is 14.8 Å². The normalized spacial score (nSPS) is 20.6. The van der Waals surface area contributed by atoms with Crippen molar-refractivity contribution < 1.29 is 4.79 Å². The molecule has 146 valence electrons. The largest absolute Gasteiger partial charge is 0.355 e. The molecule has 8 nitrogen and oxygen atoms in total. The molecule has 2 amide bonds. The first-order chi connectivity index (χ1) is 13.7. The average Bonchev–Trinajstić information content (AvgIpc) is 3.29. The van der Waals surface area contributed by atoms with Crippen LogP contribution in [0.25, 0.3) is 0 Å². The van der Waals surface area contributed by atoms with Crippen LogP contribution in [0.4, 0.5) is 10.6 Å². The van der Waals surface area contributed by atoms with Crippen molar-refractivity contribution in [2.45, 2.75) is 37.6 Å². The first-order valence-corrected chi connectivity index (χ1v) is 9.89. The SMILES string of the molecule is N#Cc1cccnc1N1CCC(NC(=O)N2CCCC(c3ncc[nH]3)C2)CC1. The molecule has 0 bridgehead atoms. The van der Waals surface area contributed by atoms with Gasteiger partial charge in [0.25, 0.3) is 0 Å². The second-order valence-corrected chi connectivity index (χ2v) is 7.46. The third-order valence-electron chi connectivity index (χ3n) is 5.64. The topological polar surface area (TPSA) is 101 Å². The van der Waals surface area contributed by atoms with E-state index in [4.69, 9.17) is 0 Å². The van der Waals surface area contributed by atoms with Crippen LogP contribution in [0.1, 0.15) is 43.0 Å². The van der Waals surface area contributed by atoms with Crippen LogP contribution in [0.3, 0.4) is 0 Å². The molecule has 2 aliphatic rings. The average molecular weight is 379 g/mol. The van der Waals surface area contributed by atoms with Gasteiger partial charge in [0.15, 0.2) is 0 Å². The summed E-state index contributed by atoms with van der Waals surface area (Å²) in [6, 6.07) is 5.96. The summed E-state index contributed by atoms with van der Waals surface area (Å²) in [7, 11) is 0. The highest BCUT2D eigenvalue weighted by atomic mass is 16.2. The van der Waals surface area contributed by atoms with Gasteiger partial charge in [0.2, 0.25) is 0 Å². The minimum Gasteiger partial charge on any atom is -0.355 e. The van der Waals surface area contributed by atoms with E-state index in [0.29, 0.717) is 12.1 Å². The maximum absolute atomic E-state index is 12.7. The van der Waals surface area contributed by atoms with E-state index < -0.39 is 0 Å². The molecule has 28 heavy (non-hydrogen) atoms. The fraction of sp³-hybridized carbons (Fsp3) is 0.500. The first kappa shape index (κ1) is 18.3. The third-order valence-corrected chi connectivity index (χ3v) is 5.64. The molecule has 4 rings (SSSR count). The smallest absolute Gasteiger partial charge is 0.317 e. The van der Waals surface area contributed by atoms with E-state index in [2.05, 4.69) is 31.2 Å². The van der Waals surface area contributed by atoms with Crippen LogP contribution in [0.5, 0.6) is 0 Å². The summed E-state index contributed by atoms with van der Waals surface area (Å²) in [5.41, 5.74) is 0.599. The van der Waals surface area contributed by atoms with Crippen LogP contribution in [-0.4, -0.2) is 58.1 Å². The minimum absolute atomic E-state index is 0.0188. The number of hydrogen-bond donors (Lipinski definition) is 2. The van der Waals surface area contributed by atoms with Crippen molar-refractivity contribution in [3.8, 4) is 6.07 Å². The van der Waals surface area contributed by atoms with Gasteiger partial charge in [-0.3, -0.25) is 0 Å². The number of carbonyl (C=O) groups is 1. The van der Waals surface area contributed by atoms with Gasteiger partial charge in [-0.1, -0.05) is 0 Å². The van der Waals surface area contributed by atoms with Gasteiger partial charge < -0.3 is 20.1 Å². The molecule has 2 fully saturated rings. The van der Waals surface area contributed by atoms with Gasteiger partial charge in [-0.2, -0.15) is 5.26 Å². The molecule has 0 saturated carbocycles. The van der Waals surface area contributed by atoms with Crippen molar-refractivity contribution in [3.63, 3.8) is 0 Å². The zero-order valence-corrected chi connectivity index (χ0v) is 15.8. The lowest BCUT2D eigenvalue weighted by Gasteiger charge is -2.36. The van der Waals surface area contributed by atoms with E-state index in [1.165, 1.54) is 0 Å². The van der Waals surface area contributed by atoms with Crippen LogP contribution >= 0.6 is 0 Å². The molecule has 4 heterocycles. The lowest BCUT2D eigenvalue weighted by molar-refractivity contribution is 0.173. The zero-order valence-electron chi connectivity index (χ0n) is 15.8. The summed E-state index contributed by atoms with van der Waals surface area (Å²) in [4.78, 5) is 28.7. The summed E-state index contributed by atoms with van der Waals surface area (Å²) in [6.07, 6.45) is 9.07. The monoisotopic (exact) mass is 379 g/mol. The Morgan fingerprint density at radius 3 is 2.82 bits per heavy atom. The molecule has 0 aromatic carbocycles. The number of hydrogen-bond acceptors (Lipinski definition) is 5. The van der Waals surface area contributed by atoms with Gasteiger partial charge in [-0.15, -0.1) is 0 Å². The number of aromatic amines is 1. The number of likely N-dealkylation sites (tertiary alicyclic amines) is 1. The Morgan fingerprint density at radius 2 is 2.07 bits per heavy atom. The summed E-state index contributed by atoms with van der Waals surface area (Å²) >= 11 is 0. The summed E-state index contributed by atoms with van der Waals surface area (Å²) < 4.78 is 0. The van der Waals surface area contributed by atoms with Gasteiger partial charge >= 0.3 is 6.03 Å². The first-order valence-electron chi connectivity index (χ1n) is 9.89. The van der Waals surface area contributed by atoms with Gasteiger partial charge in [0.05, 0.1) is 5.56 Å². The van der Waals surface area contributed by atoms with E-state index >= 15 is 0 Å². The molecular weight excluding hydrogens is 354 g/mol. The predicted molar refractivity (Wildman–Crippen MR) is 105 cm³/mol. The molecule has 8 heteroatoms. The van der Waals surface area contributed by atoms with Crippen LogP contribution in [0, 0.1) is 11.3 Å². The molecule has 2 aliphatic heterocycles. The van der Waals surface area contributed by atoms with E-state index in [-0.39, 0.29) is 18.0 Å². The van der Waals surface area contributed by atoms with Gasteiger partial charge in [0, 0.05) is 56.7 Å². The highest BCUT2D eigenvalue weighted by Crippen LogP contribution is 2.25. The highest BCUT2D eigenvalue weighted by Gasteiger charge is 2.29. The van der Waals surface area contributed by atoms with Crippen molar-refractivity contribution in [2.75, 3.05) is 31.1 Å². The van der Waals surface area contributed by atoms with Crippen molar-refractivity contribution >= 4 is 11.8 Å². The molecule has 1 unspecified atom stereocenters. The fourth-order valence-electron chi connectivity index (χ4n) is 4.12.